The van der Waals surface area contributed by atoms with E-state index in [1.807, 2.05) is 30.3 Å². The molecule has 1 amide bonds. The lowest BCUT2D eigenvalue weighted by Gasteiger charge is -2.09. The van der Waals surface area contributed by atoms with Gasteiger partial charge in [-0.05, 0) is 17.7 Å². The van der Waals surface area contributed by atoms with Gasteiger partial charge in [0.2, 0.25) is 5.43 Å². The van der Waals surface area contributed by atoms with E-state index >= 15 is 0 Å². The van der Waals surface area contributed by atoms with E-state index in [2.05, 4.69) is 5.32 Å². The van der Waals surface area contributed by atoms with Gasteiger partial charge in [0, 0.05) is 29.8 Å². The molecule has 0 aliphatic rings. The Morgan fingerprint density at radius 2 is 1.82 bits per heavy atom. The number of amides is 1. The van der Waals surface area contributed by atoms with Crippen molar-refractivity contribution in [3.63, 3.8) is 0 Å². The average Bonchev–Trinajstić information content (AvgIpc) is 2.78. The highest BCUT2D eigenvalue weighted by molar-refractivity contribution is 6.31. The molecule has 33 heavy (non-hydrogen) atoms. The van der Waals surface area contributed by atoms with Crippen LogP contribution in [0.5, 0.6) is 11.5 Å². The van der Waals surface area contributed by atoms with Gasteiger partial charge in [-0.15, -0.1) is 0 Å². The maximum absolute atomic E-state index is 12.7. The summed E-state index contributed by atoms with van der Waals surface area (Å²) in [6, 6.07) is 16.2. The van der Waals surface area contributed by atoms with E-state index in [1.54, 1.807) is 6.07 Å². The predicted molar refractivity (Wildman–Crippen MR) is 122 cm³/mol. The molecule has 1 heterocycles. The third-order valence-corrected chi connectivity index (χ3v) is 4.97. The highest BCUT2D eigenvalue weighted by atomic mass is 35.5. The van der Waals surface area contributed by atoms with Crippen molar-refractivity contribution in [3.05, 3.63) is 81.5 Å². The zero-order chi connectivity index (χ0) is 23.4. The van der Waals surface area contributed by atoms with Gasteiger partial charge in [0.25, 0.3) is 0 Å². The minimum atomic E-state index is -0.665. The van der Waals surface area contributed by atoms with Crippen LogP contribution in [0.25, 0.3) is 21.9 Å². The lowest BCUT2D eigenvalue weighted by atomic mass is 10.1. The van der Waals surface area contributed by atoms with Gasteiger partial charge in [-0.1, -0.05) is 41.9 Å². The van der Waals surface area contributed by atoms with Crippen LogP contribution in [0.2, 0.25) is 5.02 Å². The molecule has 0 spiro atoms. The number of benzene rings is 3. The fraction of sp³-hybridized carbons (Fsp3) is 0.125. The molecule has 9 heteroatoms. The van der Waals surface area contributed by atoms with Crippen LogP contribution in [-0.2, 0) is 16.1 Å². The molecule has 0 saturated heterocycles. The number of ether oxygens (including phenoxy) is 2. The summed E-state index contributed by atoms with van der Waals surface area (Å²) in [4.78, 5) is 36.6. The van der Waals surface area contributed by atoms with Crippen LogP contribution >= 0.6 is 11.6 Å². The topological polar surface area (TPSA) is 115 Å². The normalized spacial score (nSPS) is 10.8. The zero-order valence-corrected chi connectivity index (χ0v) is 17.9. The number of rotatable bonds is 6. The predicted octanol–water partition coefficient (Wildman–Crippen LogP) is 4.53. The Bertz CT molecular complexity index is 1400. The molecular formula is C24H18ClNO7. The Kier molecular flexibility index (Phi) is 6.46. The van der Waals surface area contributed by atoms with Crippen molar-refractivity contribution in [1.82, 2.24) is 5.32 Å². The third kappa shape index (κ3) is 5.24. The van der Waals surface area contributed by atoms with Crippen molar-refractivity contribution in [2.45, 2.75) is 13.0 Å². The van der Waals surface area contributed by atoms with Crippen molar-refractivity contribution in [2.75, 3.05) is 6.54 Å². The Morgan fingerprint density at radius 1 is 1.03 bits per heavy atom. The van der Waals surface area contributed by atoms with Crippen LogP contribution in [0, 0.1) is 0 Å². The van der Waals surface area contributed by atoms with Gasteiger partial charge in [-0.3, -0.25) is 9.59 Å². The van der Waals surface area contributed by atoms with E-state index in [4.69, 9.17) is 25.5 Å². The van der Waals surface area contributed by atoms with Gasteiger partial charge in [-0.2, -0.15) is 0 Å². The second-order valence-corrected chi connectivity index (χ2v) is 7.54. The highest BCUT2D eigenvalue weighted by Gasteiger charge is 2.16. The standard InChI is InChI=1S/C24H18ClNO7/c25-15-6-7-17-19(10-15)33-20-12-16(11-18(27)22(20)23(17)29)32-21(28)8-9-26-24(30)31-13-14-4-2-1-3-5-14/h1-7,10-12,27H,8-9,13H2,(H,26,30). The van der Waals surface area contributed by atoms with E-state index in [0.717, 1.165) is 11.6 Å². The summed E-state index contributed by atoms with van der Waals surface area (Å²) in [5.74, 6) is -1.06. The van der Waals surface area contributed by atoms with E-state index in [9.17, 15) is 19.5 Å². The first-order chi connectivity index (χ1) is 15.9. The van der Waals surface area contributed by atoms with Gasteiger partial charge in [-0.25, -0.2) is 4.79 Å². The van der Waals surface area contributed by atoms with Crippen molar-refractivity contribution in [3.8, 4) is 11.5 Å². The maximum atomic E-state index is 12.7. The number of aromatic hydroxyl groups is 1. The monoisotopic (exact) mass is 467 g/mol. The smallest absolute Gasteiger partial charge is 0.407 e. The fourth-order valence-electron chi connectivity index (χ4n) is 3.19. The molecule has 0 aliphatic carbocycles. The molecular weight excluding hydrogens is 450 g/mol. The number of esters is 1. The lowest BCUT2D eigenvalue weighted by Crippen LogP contribution is -2.27. The number of alkyl carbamates (subject to hydrolysis) is 1. The highest BCUT2D eigenvalue weighted by Crippen LogP contribution is 2.31. The molecule has 2 N–H and O–H groups in total. The number of hydrogen-bond acceptors (Lipinski definition) is 7. The Morgan fingerprint density at radius 3 is 2.61 bits per heavy atom. The summed E-state index contributed by atoms with van der Waals surface area (Å²) in [7, 11) is 0. The first-order valence-corrected chi connectivity index (χ1v) is 10.3. The number of carbonyl (C=O) groups excluding carboxylic acids is 2. The van der Waals surface area contributed by atoms with E-state index in [-0.39, 0.29) is 53.0 Å². The van der Waals surface area contributed by atoms with E-state index < -0.39 is 17.5 Å². The summed E-state index contributed by atoms with van der Waals surface area (Å²) in [6.45, 7) is 0.100. The molecule has 4 aromatic rings. The summed E-state index contributed by atoms with van der Waals surface area (Å²) < 4.78 is 15.9. The molecule has 3 aromatic carbocycles. The molecule has 8 nitrogen and oxygen atoms in total. The van der Waals surface area contributed by atoms with Gasteiger partial charge >= 0.3 is 12.1 Å². The van der Waals surface area contributed by atoms with Gasteiger partial charge < -0.3 is 24.3 Å². The van der Waals surface area contributed by atoms with Crippen molar-refractivity contribution in [2.24, 2.45) is 0 Å². The number of carbonyl (C=O) groups is 2. The summed E-state index contributed by atoms with van der Waals surface area (Å²) in [6.07, 6.45) is -0.807. The van der Waals surface area contributed by atoms with Crippen molar-refractivity contribution >= 4 is 45.6 Å². The van der Waals surface area contributed by atoms with Crippen LogP contribution in [-0.4, -0.2) is 23.7 Å². The van der Waals surface area contributed by atoms with Crippen LogP contribution in [0.15, 0.2) is 69.9 Å². The third-order valence-electron chi connectivity index (χ3n) is 4.73. The Balaban J connectivity index is 1.38. The molecule has 168 valence electrons. The van der Waals surface area contributed by atoms with Crippen molar-refractivity contribution < 1.29 is 28.6 Å². The van der Waals surface area contributed by atoms with Crippen LogP contribution in [0.4, 0.5) is 4.79 Å². The van der Waals surface area contributed by atoms with Gasteiger partial charge in [0.1, 0.15) is 34.7 Å². The minimum Gasteiger partial charge on any atom is -0.507 e. The summed E-state index contributed by atoms with van der Waals surface area (Å²) in [5.41, 5.74) is 0.683. The maximum Gasteiger partial charge on any atom is 0.407 e. The molecule has 1 aromatic heterocycles. The molecule has 0 saturated carbocycles. The van der Waals surface area contributed by atoms with Gasteiger partial charge in [0.15, 0.2) is 0 Å². The minimum absolute atomic E-state index is 0.00968. The SMILES string of the molecule is O=C(CCNC(=O)OCc1ccccc1)Oc1cc(O)c2c(=O)c3ccc(Cl)cc3oc2c1. The van der Waals surface area contributed by atoms with Crippen LogP contribution < -0.4 is 15.5 Å². The molecule has 0 bridgehead atoms. The van der Waals surface area contributed by atoms with Crippen LogP contribution in [0.3, 0.4) is 0 Å². The molecule has 0 fully saturated rings. The second kappa shape index (κ2) is 9.62. The fourth-order valence-corrected chi connectivity index (χ4v) is 3.35. The molecule has 0 aliphatic heterocycles. The second-order valence-electron chi connectivity index (χ2n) is 7.10. The summed E-state index contributed by atoms with van der Waals surface area (Å²) >= 11 is 5.96. The Hall–Kier alpha value is -4.04. The largest absolute Gasteiger partial charge is 0.507 e. The lowest BCUT2D eigenvalue weighted by molar-refractivity contribution is -0.134. The molecule has 0 radical (unpaired) electrons. The average molecular weight is 468 g/mol. The number of fused-ring (bicyclic) bond motifs is 2. The molecule has 4 rings (SSSR count). The number of halogens is 1. The Labute approximate surface area is 192 Å². The zero-order valence-electron chi connectivity index (χ0n) is 17.2. The van der Waals surface area contributed by atoms with E-state index in [0.29, 0.717) is 5.02 Å². The summed E-state index contributed by atoms with van der Waals surface area (Å²) in [5, 5.41) is 13.4. The van der Waals surface area contributed by atoms with Crippen LogP contribution in [0.1, 0.15) is 12.0 Å². The van der Waals surface area contributed by atoms with Gasteiger partial charge in [0.05, 0.1) is 11.8 Å². The van der Waals surface area contributed by atoms with E-state index in [1.165, 1.54) is 18.2 Å². The molecule has 0 unspecified atom stereocenters. The first kappa shape index (κ1) is 22.2. The number of phenolic OH excluding ortho intramolecular Hbond substituents is 1. The number of nitrogens with one attached hydrogen (secondary N) is 1. The number of hydrogen-bond donors (Lipinski definition) is 2. The quantitative estimate of drug-likeness (QED) is 0.243. The first-order valence-electron chi connectivity index (χ1n) is 9.95. The molecule has 0 atom stereocenters. The van der Waals surface area contributed by atoms with Crippen molar-refractivity contribution in [1.29, 1.82) is 0 Å². The number of phenols is 1.